The molecule has 0 aliphatic heterocycles. The molecule has 2 N–H and O–H groups in total. The number of carbonyl (C=O) groups is 3. The van der Waals surface area contributed by atoms with Crippen LogP contribution in [0.25, 0.3) is 11.1 Å². The van der Waals surface area contributed by atoms with Crippen molar-refractivity contribution in [3.05, 3.63) is 59.7 Å². The van der Waals surface area contributed by atoms with Gasteiger partial charge in [-0.2, -0.15) is 0 Å². The zero-order valence-corrected chi connectivity index (χ0v) is 18.2. The SMILES string of the molecule is CN(CCCC(=O)O)C(=O)C(CC(F)F)NC(=O)OCC1c2ccccc2-c2ccccc21. The number of likely N-dealkylation sites (N-methyl/N-ethyl adjacent to an activating group) is 1. The molecule has 3 rings (SSSR count). The van der Waals surface area contributed by atoms with Gasteiger partial charge in [-0.3, -0.25) is 9.59 Å². The maximum absolute atomic E-state index is 13.0. The number of alkyl carbamates (subject to hydrolysis) is 1. The number of alkyl halides is 2. The highest BCUT2D eigenvalue weighted by atomic mass is 19.3. The van der Waals surface area contributed by atoms with Crippen LogP contribution in [0.2, 0.25) is 0 Å². The molecule has 1 aliphatic carbocycles. The average Bonchev–Trinajstić information content (AvgIpc) is 3.10. The molecule has 1 aliphatic rings. The second-order valence-corrected chi connectivity index (χ2v) is 7.91. The molecule has 1 unspecified atom stereocenters. The first-order valence-electron chi connectivity index (χ1n) is 10.6. The number of fused-ring (bicyclic) bond motifs is 3. The number of carboxylic acid groups (broad SMARTS) is 1. The number of carboxylic acids is 1. The quantitative estimate of drug-likeness (QED) is 0.561. The van der Waals surface area contributed by atoms with E-state index in [1.807, 2.05) is 48.5 Å². The van der Waals surface area contributed by atoms with Gasteiger partial charge in [-0.05, 0) is 28.7 Å². The van der Waals surface area contributed by atoms with Crippen molar-refractivity contribution in [2.75, 3.05) is 20.2 Å². The average molecular weight is 460 g/mol. The third-order valence-corrected chi connectivity index (χ3v) is 5.61. The summed E-state index contributed by atoms with van der Waals surface area (Å²) in [6.45, 7) is 0.0567. The van der Waals surface area contributed by atoms with Crippen molar-refractivity contribution >= 4 is 18.0 Å². The summed E-state index contributed by atoms with van der Waals surface area (Å²) in [6, 6.07) is 14.1. The van der Waals surface area contributed by atoms with E-state index in [0.29, 0.717) is 0 Å². The van der Waals surface area contributed by atoms with E-state index in [1.165, 1.54) is 7.05 Å². The minimum atomic E-state index is -2.82. The van der Waals surface area contributed by atoms with E-state index >= 15 is 0 Å². The predicted octanol–water partition coefficient (Wildman–Crippen LogP) is 3.87. The van der Waals surface area contributed by atoms with Crippen LogP contribution in [0.1, 0.15) is 36.3 Å². The van der Waals surface area contributed by atoms with Gasteiger partial charge in [0.05, 0.1) is 0 Å². The van der Waals surface area contributed by atoms with Crippen LogP contribution in [-0.2, 0) is 14.3 Å². The molecule has 1 atom stereocenters. The molecule has 0 bridgehead atoms. The molecular formula is C24H26F2N2O5. The first kappa shape index (κ1) is 24.2. The standard InChI is InChI=1S/C24H26F2N2O5/c1-28(12-6-11-22(29)30)23(31)20(13-21(25)26)27-24(32)33-14-19-17-9-4-2-7-15(17)16-8-3-5-10-18(16)19/h2-5,7-10,19-21H,6,11-14H2,1H3,(H,27,32)(H,29,30). The van der Waals surface area contributed by atoms with Gasteiger partial charge >= 0.3 is 12.1 Å². The molecular weight excluding hydrogens is 434 g/mol. The third kappa shape index (κ3) is 6.06. The molecule has 33 heavy (non-hydrogen) atoms. The van der Waals surface area contributed by atoms with Crippen LogP contribution < -0.4 is 5.32 Å². The molecule has 2 aromatic rings. The van der Waals surface area contributed by atoms with E-state index in [1.54, 1.807) is 0 Å². The highest BCUT2D eigenvalue weighted by Gasteiger charge is 2.31. The maximum Gasteiger partial charge on any atom is 0.407 e. The van der Waals surface area contributed by atoms with Crippen molar-refractivity contribution in [1.29, 1.82) is 0 Å². The number of hydrogen-bond donors (Lipinski definition) is 2. The van der Waals surface area contributed by atoms with Crippen molar-refractivity contribution in [3.8, 4) is 11.1 Å². The van der Waals surface area contributed by atoms with Gasteiger partial charge in [0.2, 0.25) is 12.3 Å². The van der Waals surface area contributed by atoms with Gasteiger partial charge in [0.15, 0.2) is 0 Å². The van der Waals surface area contributed by atoms with Gasteiger partial charge in [0.25, 0.3) is 0 Å². The lowest BCUT2D eigenvalue weighted by molar-refractivity contribution is -0.138. The zero-order chi connectivity index (χ0) is 24.0. The Morgan fingerprint density at radius 1 is 1.06 bits per heavy atom. The van der Waals surface area contributed by atoms with Crippen LogP contribution in [0, 0.1) is 0 Å². The molecule has 176 valence electrons. The molecule has 7 nitrogen and oxygen atoms in total. The number of halogens is 2. The fraction of sp³-hybridized carbons (Fsp3) is 0.375. The third-order valence-electron chi connectivity index (χ3n) is 5.61. The Hall–Kier alpha value is -3.49. The summed E-state index contributed by atoms with van der Waals surface area (Å²) in [5.41, 5.74) is 4.11. The number of nitrogens with one attached hydrogen (secondary N) is 1. The van der Waals surface area contributed by atoms with Crippen molar-refractivity contribution in [2.24, 2.45) is 0 Å². The van der Waals surface area contributed by atoms with Gasteiger partial charge in [0, 0.05) is 32.4 Å². The molecule has 0 aromatic heterocycles. The zero-order valence-electron chi connectivity index (χ0n) is 18.2. The number of ether oxygens (including phenoxy) is 1. The van der Waals surface area contributed by atoms with Crippen LogP contribution >= 0.6 is 0 Å². The molecule has 2 aromatic carbocycles. The maximum atomic E-state index is 13.0. The second-order valence-electron chi connectivity index (χ2n) is 7.91. The van der Waals surface area contributed by atoms with Crippen molar-refractivity contribution in [1.82, 2.24) is 10.2 Å². The van der Waals surface area contributed by atoms with E-state index in [-0.39, 0.29) is 31.9 Å². The van der Waals surface area contributed by atoms with Crippen LogP contribution in [-0.4, -0.2) is 60.6 Å². The Morgan fingerprint density at radius 2 is 1.64 bits per heavy atom. The molecule has 0 heterocycles. The Kier molecular flexibility index (Phi) is 7.97. The van der Waals surface area contributed by atoms with Crippen molar-refractivity contribution < 1.29 is 33.0 Å². The van der Waals surface area contributed by atoms with Crippen LogP contribution in [0.5, 0.6) is 0 Å². The number of benzene rings is 2. The number of rotatable bonds is 10. The van der Waals surface area contributed by atoms with Gasteiger partial charge in [-0.1, -0.05) is 48.5 Å². The molecule has 0 saturated heterocycles. The Morgan fingerprint density at radius 3 is 2.18 bits per heavy atom. The van der Waals surface area contributed by atoms with Crippen LogP contribution in [0.15, 0.2) is 48.5 Å². The number of nitrogens with zero attached hydrogens (tertiary/aromatic N) is 1. The largest absolute Gasteiger partial charge is 0.481 e. The lowest BCUT2D eigenvalue weighted by Gasteiger charge is -2.24. The molecule has 0 fully saturated rings. The first-order chi connectivity index (χ1) is 15.8. The summed E-state index contributed by atoms with van der Waals surface area (Å²) >= 11 is 0. The van der Waals surface area contributed by atoms with Crippen molar-refractivity contribution in [3.63, 3.8) is 0 Å². The summed E-state index contributed by atoms with van der Waals surface area (Å²) in [7, 11) is 1.38. The predicted molar refractivity (Wildman–Crippen MR) is 117 cm³/mol. The minimum Gasteiger partial charge on any atom is -0.481 e. The summed E-state index contributed by atoms with van der Waals surface area (Å²) in [6.07, 6.45) is -4.64. The number of amides is 2. The monoisotopic (exact) mass is 460 g/mol. The van der Waals surface area contributed by atoms with E-state index in [0.717, 1.165) is 27.2 Å². The Balaban J connectivity index is 1.63. The summed E-state index contributed by atoms with van der Waals surface area (Å²) in [5, 5.41) is 11.0. The first-order valence-corrected chi connectivity index (χ1v) is 10.6. The summed E-state index contributed by atoms with van der Waals surface area (Å²) in [4.78, 5) is 36.7. The van der Waals surface area contributed by atoms with Gasteiger partial charge in [-0.15, -0.1) is 0 Å². The minimum absolute atomic E-state index is 0.0100. The number of aliphatic carboxylic acids is 1. The fourth-order valence-corrected chi connectivity index (χ4v) is 4.03. The van der Waals surface area contributed by atoms with E-state index < -0.39 is 36.9 Å². The highest BCUT2D eigenvalue weighted by molar-refractivity contribution is 5.85. The van der Waals surface area contributed by atoms with E-state index in [9.17, 15) is 23.2 Å². The van der Waals surface area contributed by atoms with E-state index in [2.05, 4.69) is 5.32 Å². The molecule has 0 spiro atoms. The van der Waals surface area contributed by atoms with Crippen LogP contribution in [0.4, 0.5) is 13.6 Å². The fourth-order valence-electron chi connectivity index (χ4n) is 4.03. The number of hydrogen-bond acceptors (Lipinski definition) is 4. The van der Waals surface area contributed by atoms with E-state index in [4.69, 9.17) is 9.84 Å². The normalized spacial score (nSPS) is 13.2. The summed E-state index contributed by atoms with van der Waals surface area (Å²) in [5.74, 6) is -1.95. The van der Waals surface area contributed by atoms with Crippen LogP contribution in [0.3, 0.4) is 0 Å². The Labute approximate surface area is 190 Å². The molecule has 0 radical (unpaired) electrons. The lowest BCUT2D eigenvalue weighted by Crippen LogP contribution is -2.48. The van der Waals surface area contributed by atoms with Gasteiger partial charge in [-0.25, -0.2) is 13.6 Å². The summed E-state index contributed by atoms with van der Waals surface area (Å²) < 4.78 is 31.4. The molecule has 2 amide bonds. The lowest BCUT2D eigenvalue weighted by atomic mass is 9.98. The second kappa shape index (κ2) is 10.9. The van der Waals surface area contributed by atoms with Gasteiger partial charge < -0.3 is 20.1 Å². The Bertz CT molecular complexity index is 968. The number of carbonyl (C=O) groups excluding carboxylic acids is 2. The topological polar surface area (TPSA) is 95.9 Å². The highest BCUT2D eigenvalue weighted by Crippen LogP contribution is 2.44. The molecule has 9 heteroatoms. The smallest absolute Gasteiger partial charge is 0.407 e. The molecule has 0 saturated carbocycles. The van der Waals surface area contributed by atoms with Crippen molar-refractivity contribution in [2.45, 2.75) is 37.6 Å². The van der Waals surface area contributed by atoms with Gasteiger partial charge in [0.1, 0.15) is 12.6 Å².